The van der Waals surface area contributed by atoms with Crippen molar-refractivity contribution in [3.63, 3.8) is 0 Å². The highest BCUT2D eigenvalue weighted by molar-refractivity contribution is 5.81. The number of nitrogens with zero attached hydrogens (tertiary/aromatic N) is 6. The number of aromatic nitrogens is 8. The van der Waals surface area contributed by atoms with Gasteiger partial charge in [-0.3, -0.25) is 0 Å². The molecule has 0 unspecified atom stereocenters. The standard InChI is InChI=1S/C12H11N5.C5H5N5/c13-11-10-12(15-7-14-10)17-9(16-11)6-8-4-2-1-3-5-8;6-4-3-5(9-1-7-3)10-2-8-4/h1-5,7H,6H2,(H3,13,14,15,16,17);1-2H,(H3,6,7,8,9,10). The number of nitrogen functional groups attached to an aromatic ring is 2. The second-order valence-electron chi connectivity index (χ2n) is 5.65. The van der Waals surface area contributed by atoms with Gasteiger partial charge in [-0.2, -0.15) is 0 Å². The molecule has 4 aromatic heterocycles. The second kappa shape index (κ2) is 7.04. The van der Waals surface area contributed by atoms with Gasteiger partial charge in [-0.15, -0.1) is 0 Å². The van der Waals surface area contributed by atoms with E-state index in [9.17, 15) is 0 Å². The van der Waals surface area contributed by atoms with Gasteiger partial charge in [-0.25, -0.2) is 29.9 Å². The predicted octanol–water partition coefficient (Wildman–Crippen LogP) is 1.46. The minimum atomic E-state index is 0.433. The fraction of sp³-hybridized carbons (Fsp3) is 0.0588. The van der Waals surface area contributed by atoms with Crippen molar-refractivity contribution in [2.75, 3.05) is 11.5 Å². The molecule has 5 rings (SSSR count). The fourth-order valence-corrected chi connectivity index (χ4v) is 2.54. The van der Waals surface area contributed by atoms with Crippen molar-refractivity contribution in [1.29, 1.82) is 0 Å². The Balaban J connectivity index is 0.000000153. The summed E-state index contributed by atoms with van der Waals surface area (Å²) in [6.45, 7) is 0. The number of nitrogens with one attached hydrogen (secondary N) is 2. The normalized spacial score (nSPS) is 10.7. The number of hydrogen-bond donors (Lipinski definition) is 4. The zero-order chi connectivity index (χ0) is 18.6. The molecule has 10 heteroatoms. The van der Waals surface area contributed by atoms with Gasteiger partial charge in [-0.1, -0.05) is 30.3 Å². The lowest BCUT2D eigenvalue weighted by Crippen LogP contribution is -2.01. The molecule has 5 aromatic rings. The molecule has 134 valence electrons. The third kappa shape index (κ3) is 3.49. The Labute approximate surface area is 153 Å². The quantitative estimate of drug-likeness (QED) is 0.368. The molecule has 0 aliphatic heterocycles. The van der Waals surface area contributed by atoms with Gasteiger partial charge in [-0.05, 0) is 5.56 Å². The van der Waals surface area contributed by atoms with Gasteiger partial charge in [0.05, 0.1) is 12.7 Å². The molecule has 1 aromatic carbocycles. The lowest BCUT2D eigenvalue weighted by atomic mass is 10.1. The van der Waals surface area contributed by atoms with E-state index < -0.39 is 0 Å². The van der Waals surface area contributed by atoms with E-state index in [1.807, 2.05) is 30.3 Å². The molecule has 0 aliphatic carbocycles. The molecule has 0 saturated heterocycles. The topological polar surface area (TPSA) is 161 Å². The van der Waals surface area contributed by atoms with Crippen LogP contribution in [0.5, 0.6) is 0 Å². The molecule has 0 aliphatic rings. The summed E-state index contributed by atoms with van der Waals surface area (Å²) in [5, 5.41) is 0. The Bertz CT molecular complexity index is 1180. The van der Waals surface area contributed by atoms with E-state index in [1.54, 1.807) is 6.33 Å². The fourth-order valence-electron chi connectivity index (χ4n) is 2.54. The highest BCUT2D eigenvalue weighted by Gasteiger charge is 2.07. The Morgan fingerprint density at radius 3 is 2.19 bits per heavy atom. The number of hydrogen-bond acceptors (Lipinski definition) is 8. The molecular formula is C17H16N10. The van der Waals surface area contributed by atoms with Crippen LogP contribution in [0.2, 0.25) is 0 Å². The number of fused-ring (bicyclic) bond motifs is 2. The predicted molar refractivity (Wildman–Crippen MR) is 101 cm³/mol. The van der Waals surface area contributed by atoms with Crippen LogP contribution >= 0.6 is 0 Å². The average molecular weight is 360 g/mol. The molecule has 0 bridgehead atoms. The average Bonchev–Trinajstić information content (AvgIpc) is 3.33. The van der Waals surface area contributed by atoms with Crippen LogP contribution in [0.25, 0.3) is 22.3 Å². The van der Waals surface area contributed by atoms with Crippen LogP contribution in [0.15, 0.2) is 49.3 Å². The molecule has 10 nitrogen and oxygen atoms in total. The van der Waals surface area contributed by atoms with Gasteiger partial charge < -0.3 is 21.4 Å². The summed E-state index contributed by atoms with van der Waals surface area (Å²) in [5.74, 6) is 1.56. The van der Waals surface area contributed by atoms with Crippen molar-refractivity contribution in [3.05, 3.63) is 60.7 Å². The van der Waals surface area contributed by atoms with E-state index in [2.05, 4.69) is 39.9 Å². The first-order valence-corrected chi connectivity index (χ1v) is 8.09. The van der Waals surface area contributed by atoms with Crippen LogP contribution < -0.4 is 11.5 Å². The van der Waals surface area contributed by atoms with Crippen LogP contribution in [0.1, 0.15) is 11.4 Å². The van der Waals surface area contributed by atoms with Crippen molar-refractivity contribution >= 4 is 34.0 Å². The van der Waals surface area contributed by atoms with Crippen LogP contribution in [-0.4, -0.2) is 39.9 Å². The van der Waals surface area contributed by atoms with Gasteiger partial charge >= 0.3 is 0 Å². The number of benzene rings is 1. The van der Waals surface area contributed by atoms with E-state index in [0.29, 0.717) is 46.2 Å². The maximum Gasteiger partial charge on any atom is 0.183 e. The van der Waals surface area contributed by atoms with Gasteiger partial charge in [0.2, 0.25) is 0 Å². The van der Waals surface area contributed by atoms with Crippen molar-refractivity contribution in [2.45, 2.75) is 6.42 Å². The molecule has 0 saturated carbocycles. The maximum absolute atomic E-state index is 5.83. The SMILES string of the molecule is Nc1nc(Cc2ccccc2)nc2nc[nH]c12.Nc1ncnc2nc[nH]c12. The molecule has 4 heterocycles. The number of H-pyrrole nitrogens is 2. The van der Waals surface area contributed by atoms with E-state index >= 15 is 0 Å². The minimum Gasteiger partial charge on any atom is -0.382 e. The maximum atomic E-state index is 5.83. The van der Waals surface area contributed by atoms with E-state index in [-0.39, 0.29) is 0 Å². The molecule has 6 N–H and O–H groups in total. The van der Waals surface area contributed by atoms with E-state index in [0.717, 1.165) is 5.56 Å². The van der Waals surface area contributed by atoms with Crippen molar-refractivity contribution in [3.8, 4) is 0 Å². The van der Waals surface area contributed by atoms with E-state index in [4.69, 9.17) is 11.5 Å². The number of anilines is 2. The lowest BCUT2D eigenvalue weighted by Gasteiger charge is -2.02. The number of aromatic amines is 2. The summed E-state index contributed by atoms with van der Waals surface area (Å²) in [7, 11) is 0. The van der Waals surface area contributed by atoms with Crippen LogP contribution in [0.3, 0.4) is 0 Å². The smallest absolute Gasteiger partial charge is 0.183 e. The first-order chi connectivity index (χ1) is 13.2. The summed E-state index contributed by atoms with van der Waals surface area (Å²) in [5.41, 5.74) is 15.1. The van der Waals surface area contributed by atoms with Crippen LogP contribution in [0, 0.1) is 0 Å². The Kier molecular flexibility index (Phi) is 4.27. The van der Waals surface area contributed by atoms with Crippen molar-refractivity contribution in [2.24, 2.45) is 0 Å². The third-order valence-electron chi connectivity index (χ3n) is 3.82. The molecule has 0 spiro atoms. The molecule has 0 radical (unpaired) electrons. The zero-order valence-electron chi connectivity index (χ0n) is 14.2. The molecule has 0 fully saturated rings. The van der Waals surface area contributed by atoms with E-state index in [1.165, 1.54) is 12.7 Å². The van der Waals surface area contributed by atoms with Crippen LogP contribution in [-0.2, 0) is 6.42 Å². The largest absolute Gasteiger partial charge is 0.382 e. The number of rotatable bonds is 2. The van der Waals surface area contributed by atoms with Crippen LogP contribution in [0.4, 0.5) is 11.6 Å². The summed E-state index contributed by atoms with van der Waals surface area (Å²) < 4.78 is 0. The molecular weight excluding hydrogens is 344 g/mol. The first-order valence-electron chi connectivity index (χ1n) is 8.09. The third-order valence-corrected chi connectivity index (χ3v) is 3.82. The summed E-state index contributed by atoms with van der Waals surface area (Å²) >= 11 is 0. The Morgan fingerprint density at radius 1 is 0.741 bits per heavy atom. The zero-order valence-corrected chi connectivity index (χ0v) is 14.2. The number of nitrogens with two attached hydrogens (primary N) is 2. The van der Waals surface area contributed by atoms with Gasteiger partial charge in [0.25, 0.3) is 0 Å². The first kappa shape index (κ1) is 16.4. The molecule has 27 heavy (non-hydrogen) atoms. The van der Waals surface area contributed by atoms with Gasteiger partial charge in [0, 0.05) is 6.42 Å². The monoisotopic (exact) mass is 360 g/mol. The highest BCUT2D eigenvalue weighted by Crippen LogP contribution is 2.14. The highest BCUT2D eigenvalue weighted by atomic mass is 15.0. The summed E-state index contributed by atoms with van der Waals surface area (Å²) in [4.78, 5) is 30.0. The molecule has 0 amide bonds. The lowest BCUT2D eigenvalue weighted by molar-refractivity contribution is 0.991. The van der Waals surface area contributed by atoms with Crippen molar-refractivity contribution in [1.82, 2.24) is 39.9 Å². The summed E-state index contributed by atoms with van der Waals surface area (Å²) in [6.07, 6.45) is 5.16. The minimum absolute atomic E-state index is 0.433. The second-order valence-corrected chi connectivity index (χ2v) is 5.65. The van der Waals surface area contributed by atoms with Gasteiger partial charge in [0.15, 0.2) is 22.9 Å². The van der Waals surface area contributed by atoms with Crippen molar-refractivity contribution < 1.29 is 0 Å². The summed E-state index contributed by atoms with van der Waals surface area (Å²) in [6, 6.07) is 10.0. The van der Waals surface area contributed by atoms with Gasteiger partial charge in [0.1, 0.15) is 23.2 Å². The Hall–Kier alpha value is -4.08. The Morgan fingerprint density at radius 2 is 1.44 bits per heavy atom. The number of imidazole rings is 2. The molecule has 0 atom stereocenters.